The van der Waals surface area contributed by atoms with Crippen molar-refractivity contribution >= 4 is 11.4 Å². The van der Waals surface area contributed by atoms with E-state index in [1.165, 1.54) is 19.3 Å². The van der Waals surface area contributed by atoms with Gasteiger partial charge in [0.2, 0.25) is 0 Å². The van der Waals surface area contributed by atoms with Crippen LogP contribution in [0, 0.1) is 5.92 Å². The molecule has 0 aromatic heterocycles. The molecule has 0 unspecified atom stereocenters. The van der Waals surface area contributed by atoms with Crippen LogP contribution in [0.3, 0.4) is 0 Å². The highest BCUT2D eigenvalue weighted by atomic mass is 16.5. The summed E-state index contributed by atoms with van der Waals surface area (Å²) in [5.41, 5.74) is 7.66. The summed E-state index contributed by atoms with van der Waals surface area (Å²) in [6, 6.07) is 5.74. The van der Waals surface area contributed by atoms with Gasteiger partial charge in [0.15, 0.2) is 0 Å². The van der Waals surface area contributed by atoms with Crippen LogP contribution in [-0.4, -0.2) is 13.7 Å². The van der Waals surface area contributed by atoms with Crippen molar-refractivity contribution in [1.82, 2.24) is 0 Å². The van der Waals surface area contributed by atoms with Gasteiger partial charge in [-0.1, -0.05) is 26.7 Å². The number of nitrogens with two attached hydrogens (primary N) is 1. The van der Waals surface area contributed by atoms with Gasteiger partial charge < -0.3 is 15.8 Å². The maximum absolute atomic E-state index is 5.92. The van der Waals surface area contributed by atoms with Gasteiger partial charge in [-0.2, -0.15) is 0 Å². The second-order valence-electron chi connectivity index (χ2n) is 4.77. The van der Waals surface area contributed by atoms with Gasteiger partial charge in [0, 0.05) is 12.6 Å². The number of hydrogen-bond acceptors (Lipinski definition) is 3. The number of nitrogen functional groups attached to an aromatic ring is 1. The number of unbranched alkanes of at least 4 members (excludes halogenated alkanes) is 1. The maximum atomic E-state index is 5.92. The molecule has 3 nitrogen and oxygen atoms in total. The lowest BCUT2D eigenvalue weighted by molar-refractivity contribution is 0.415. The number of anilines is 2. The topological polar surface area (TPSA) is 47.3 Å². The molecule has 0 spiro atoms. The Labute approximate surface area is 104 Å². The quantitative estimate of drug-likeness (QED) is 0.562. The second-order valence-corrected chi connectivity index (χ2v) is 4.77. The average Bonchev–Trinajstić information content (AvgIpc) is 2.30. The highest BCUT2D eigenvalue weighted by molar-refractivity contribution is 5.68. The van der Waals surface area contributed by atoms with Crippen molar-refractivity contribution < 1.29 is 4.74 Å². The molecule has 17 heavy (non-hydrogen) atoms. The molecule has 0 fully saturated rings. The van der Waals surface area contributed by atoms with Gasteiger partial charge in [0.1, 0.15) is 5.75 Å². The molecule has 0 aliphatic carbocycles. The number of benzene rings is 1. The van der Waals surface area contributed by atoms with Crippen molar-refractivity contribution in [2.75, 3.05) is 24.7 Å². The van der Waals surface area contributed by atoms with Crippen LogP contribution in [0.1, 0.15) is 33.1 Å². The SMILES string of the molecule is COc1ccc(NCCCCC(C)C)c(N)c1. The Balaban J connectivity index is 2.32. The summed E-state index contributed by atoms with van der Waals surface area (Å²) in [5, 5.41) is 3.36. The standard InChI is InChI=1S/C14H24N2O/c1-11(2)6-4-5-9-16-14-8-7-12(17-3)10-13(14)15/h7-8,10-11,16H,4-6,9,15H2,1-3H3. The van der Waals surface area contributed by atoms with Crippen LogP contribution in [0.4, 0.5) is 11.4 Å². The summed E-state index contributed by atoms with van der Waals surface area (Å²) in [6.45, 7) is 5.49. The van der Waals surface area contributed by atoms with Crippen LogP contribution in [0.25, 0.3) is 0 Å². The van der Waals surface area contributed by atoms with Crippen LogP contribution in [0.15, 0.2) is 18.2 Å². The first-order valence-corrected chi connectivity index (χ1v) is 6.31. The molecular formula is C14H24N2O. The monoisotopic (exact) mass is 236 g/mol. The first-order valence-electron chi connectivity index (χ1n) is 6.31. The largest absolute Gasteiger partial charge is 0.497 e. The van der Waals surface area contributed by atoms with E-state index in [0.717, 1.165) is 29.6 Å². The van der Waals surface area contributed by atoms with Crippen molar-refractivity contribution in [1.29, 1.82) is 0 Å². The van der Waals surface area contributed by atoms with E-state index in [-0.39, 0.29) is 0 Å². The average molecular weight is 236 g/mol. The number of methoxy groups -OCH3 is 1. The van der Waals surface area contributed by atoms with Crippen molar-refractivity contribution in [2.45, 2.75) is 33.1 Å². The smallest absolute Gasteiger partial charge is 0.121 e. The summed E-state index contributed by atoms with van der Waals surface area (Å²) < 4.78 is 5.11. The summed E-state index contributed by atoms with van der Waals surface area (Å²) in [7, 11) is 1.65. The van der Waals surface area contributed by atoms with E-state index in [0.29, 0.717) is 0 Å². The summed E-state index contributed by atoms with van der Waals surface area (Å²) >= 11 is 0. The predicted octanol–water partition coefficient (Wildman–Crippen LogP) is 3.52. The molecule has 0 atom stereocenters. The third-order valence-electron chi connectivity index (χ3n) is 2.78. The zero-order valence-corrected chi connectivity index (χ0v) is 11.1. The second kappa shape index (κ2) is 7.05. The van der Waals surface area contributed by atoms with Crippen LogP contribution in [0.5, 0.6) is 5.75 Å². The molecule has 1 aromatic carbocycles. The highest BCUT2D eigenvalue weighted by Gasteiger charge is 2.00. The molecule has 0 aliphatic rings. The van der Waals surface area contributed by atoms with E-state index in [4.69, 9.17) is 10.5 Å². The van der Waals surface area contributed by atoms with Crippen molar-refractivity contribution in [3.63, 3.8) is 0 Å². The van der Waals surface area contributed by atoms with Crippen molar-refractivity contribution in [2.24, 2.45) is 5.92 Å². The van der Waals surface area contributed by atoms with Crippen molar-refractivity contribution in [3.05, 3.63) is 18.2 Å². The molecule has 0 radical (unpaired) electrons. The van der Waals surface area contributed by atoms with E-state index >= 15 is 0 Å². The lowest BCUT2D eigenvalue weighted by atomic mass is 10.1. The van der Waals surface area contributed by atoms with Gasteiger partial charge in [-0.05, 0) is 24.5 Å². The van der Waals surface area contributed by atoms with Crippen LogP contribution in [0.2, 0.25) is 0 Å². The van der Waals surface area contributed by atoms with Gasteiger partial charge in [-0.3, -0.25) is 0 Å². The zero-order chi connectivity index (χ0) is 12.7. The fourth-order valence-corrected chi connectivity index (χ4v) is 1.73. The Bertz CT molecular complexity index is 337. The van der Waals surface area contributed by atoms with E-state index in [1.807, 2.05) is 18.2 Å². The number of rotatable bonds is 7. The molecule has 0 aliphatic heterocycles. The van der Waals surface area contributed by atoms with E-state index in [9.17, 15) is 0 Å². The van der Waals surface area contributed by atoms with Crippen LogP contribution in [-0.2, 0) is 0 Å². The minimum Gasteiger partial charge on any atom is -0.497 e. The van der Waals surface area contributed by atoms with Gasteiger partial charge in [0.25, 0.3) is 0 Å². The summed E-state index contributed by atoms with van der Waals surface area (Å²) in [5.74, 6) is 1.59. The van der Waals surface area contributed by atoms with Gasteiger partial charge >= 0.3 is 0 Å². The first kappa shape index (κ1) is 13.7. The molecule has 96 valence electrons. The minimum atomic E-state index is 0.744. The molecule has 3 N–H and O–H groups in total. The number of ether oxygens (including phenoxy) is 1. The molecule has 0 saturated carbocycles. The third-order valence-corrected chi connectivity index (χ3v) is 2.78. The predicted molar refractivity (Wildman–Crippen MR) is 74.6 cm³/mol. The summed E-state index contributed by atoms with van der Waals surface area (Å²) in [6.07, 6.45) is 3.74. The fraction of sp³-hybridized carbons (Fsp3) is 0.571. The van der Waals surface area contributed by atoms with E-state index in [2.05, 4.69) is 19.2 Å². The molecule has 3 heteroatoms. The molecule has 1 rings (SSSR count). The number of hydrogen-bond donors (Lipinski definition) is 2. The maximum Gasteiger partial charge on any atom is 0.121 e. The lowest BCUT2D eigenvalue weighted by Crippen LogP contribution is -2.04. The highest BCUT2D eigenvalue weighted by Crippen LogP contribution is 2.23. The van der Waals surface area contributed by atoms with E-state index in [1.54, 1.807) is 7.11 Å². The molecule has 0 amide bonds. The Morgan fingerprint density at radius 3 is 2.65 bits per heavy atom. The van der Waals surface area contributed by atoms with Crippen LogP contribution >= 0.6 is 0 Å². The molecule has 0 bridgehead atoms. The third kappa shape index (κ3) is 4.98. The normalized spacial score (nSPS) is 10.6. The minimum absolute atomic E-state index is 0.744. The van der Waals surface area contributed by atoms with Gasteiger partial charge in [-0.15, -0.1) is 0 Å². The van der Waals surface area contributed by atoms with Crippen LogP contribution < -0.4 is 15.8 Å². The Hall–Kier alpha value is -1.38. The lowest BCUT2D eigenvalue weighted by Gasteiger charge is -2.11. The first-order chi connectivity index (χ1) is 8.13. The zero-order valence-electron chi connectivity index (χ0n) is 11.1. The molecule has 0 saturated heterocycles. The summed E-state index contributed by atoms with van der Waals surface area (Å²) in [4.78, 5) is 0. The van der Waals surface area contributed by atoms with Gasteiger partial charge in [0.05, 0.1) is 18.5 Å². The Morgan fingerprint density at radius 1 is 1.29 bits per heavy atom. The Morgan fingerprint density at radius 2 is 2.06 bits per heavy atom. The fourth-order valence-electron chi connectivity index (χ4n) is 1.73. The van der Waals surface area contributed by atoms with Gasteiger partial charge in [-0.25, -0.2) is 0 Å². The number of nitrogens with one attached hydrogen (secondary N) is 1. The van der Waals surface area contributed by atoms with Crippen molar-refractivity contribution in [3.8, 4) is 5.75 Å². The molecule has 1 aromatic rings. The molecule has 0 heterocycles. The Kier molecular flexibility index (Phi) is 5.67. The molecular weight excluding hydrogens is 212 g/mol. The van der Waals surface area contributed by atoms with E-state index < -0.39 is 0 Å².